The highest BCUT2D eigenvalue weighted by Gasteiger charge is 2.03. The molecule has 4 nitrogen and oxygen atoms in total. The highest BCUT2D eigenvalue weighted by molar-refractivity contribution is 5.60. The molecular weight excluding hydrogens is 176 g/mol. The molecule has 1 aromatic carbocycles. The molecule has 0 aliphatic heterocycles. The molecule has 0 spiro atoms. The Kier molecular flexibility index (Phi) is 2.10. The molecule has 0 fully saturated rings. The van der Waals surface area contributed by atoms with Crippen LogP contribution in [0.15, 0.2) is 36.5 Å². The van der Waals surface area contributed by atoms with Crippen LogP contribution in [0.2, 0.25) is 0 Å². The monoisotopic (exact) mass is 188 g/mol. The minimum atomic E-state index is 0.649. The van der Waals surface area contributed by atoms with Gasteiger partial charge in [0.25, 0.3) is 0 Å². The van der Waals surface area contributed by atoms with Crippen LogP contribution in [0.5, 0.6) is 0 Å². The van der Waals surface area contributed by atoms with Crippen molar-refractivity contribution in [1.29, 1.82) is 0 Å². The lowest BCUT2D eigenvalue weighted by Gasteiger charge is -1.98. The van der Waals surface area contributed by atoms with Crippen LogP contribution >= 0.6 is 0 Å². The van der Waals surface area contributed by atoms with E-state index in [1.54, 1.807) is 17.9 Å². The van der Waals surface area contributed by atoms with E-state index in [4.69, 9.17) is 5.73 Å². The predicted octanol–water partition coefficient (Wildman–Crippen LogP) is 1.50. The zero-order valence-electron chi connectivity index (χ0n) is 7.94. The number of nitrogen functional groups attached to an aromatic ring is 1. The van der Waals surface area contributed by atoms with Crippen molar-refractivity contribution in [2.45, 2.75) is 0 Å². The minimum Gasteiger partial charge on any atom is -0.394 e. The van der Waals surface area contributed by atoms with Gasteiger partial charge in [-0.25, -0.2) is 4.68 Å². The SMILES string of the molecule is CNc1nn(-c2ccccc2)cc1N. The second-order valence-electron chi connectivity index (χ2n) is 2.96. The summed E-state index contributed by atoms with van der Waals surface area (Å²) in [6, 6.07) is 9.85. The van der Waals surface area contributed by atoms with Crippen molar-refractivity contribution in [1.82, 2.24) is 9.78 Å². The zero-order valence-corrected chi connectivity index (χ0v) is 7.94. The lowest BCUT2D eigenvalue weighted by atomic mass is 10.3. The third-order valence-corrected chi connectivity index (χ3v) is 2.00. The molecule has 0 saturated carbocycles. The fourth-order valence-corrected chi connectivity index (χ4v) is 1.29. The summed E-state index contributed by atoms with van der Waals surface area (Å²) in [7, 11) is 1.80. The predicted molar refractivity (Wildman–Crippen MR) is 57.5 cm³/mol. The van der Waals surface area contributed by atoms with Gasteiger partial charge in [-0.2, -0.15) is 0 Å². The van der Waals surface area contributed by atoms with E-state index in [2.05, 4.69) is 10.4 Å². The molecule has 0 atom stereocenters. The van der Waals surface area contributed by atoms with E-state index in [-0.39, 0.29) is 0 Å². The van der Waals surface area contributed by atoms with Crippen molar-refractivity contribution in [3.63, 3.8) is 0 Å². The van der Waals surface area contributed by atoms with Gasteiger partial charge in [-0.1, -0.05) is 18.2 Å². The van der Waals surface area contributed by atoms with E-state index in [9.17, 15) is 0 Å². The zero-order chi connectivity index (χ0) is 9.97. The van der Waals surface area contributed by atoms with Crippen LogP contribution in [0.3, 0.4) is 0 Å². The fourth-order valence-electron chi connectivity index (χ4n) is 1.29. The van der Waals surface area contributed by atoms with Crippen LogP contribution in [0, 0.1) is 0 Å². The smallest absolute Gasteiger partial charge is 0.171 e. The van der Waals surface area contributed by atoms with Gasteiger partial charge >= 0.3 is 0 Å². The first kappa shape index (κ1) is 8.62. The third-order valence-electron chi connectivity index (χ3n) is 2.00. The fraction of sp³-hybridized carbons (Fsp3) is 0.100. The molecular formula is C10H12N4. The number of hydrogen-bond donors (Lipinski definition) is 2. The first-order valence-electron chi connectivity index (χ1n) is 4.39. The largest absolute Gasteiger partial charge is 0.394 e. The summed E-state index contributed by atoms with van der Waals surface area (Å²) in [5.41, 5.74) is 7.39. The third kappa shape index (κ3) is 1.42. The second kappa shape index (κ2) is 3.41. The maximum absolute atomic E-state index is 5.74. The Morgan fingerprint density at radius 3 is 2.57 bits per heavy atom. The number of nitrogens with one attached hydrogen (secondary N) is 1. The maximum Gasteiger partial charge on any atom is 0.171 e. The average molecular weight is 188 g/mol. The molecule has 0 amide bonds. The Labute approximate surface area is 82.4 Å². The quantitative estimate of drug-likeness (QED) is 0.750. The van der Waals surface area contributed by atoms with Crippen LogP contribution in [0.4, 0.5) is 11.5 Å². The molecule has 0 aliphatic carbocycles. The van der Waals surface area contributed by atoms with Crippen LogP contribution in [0.1, 0.15) is 0 Å². The number of rotatable bonds is 2. The van der Waals surface area contributed by atoms with Crippen LogP contribution < -0.4 is 11.1 Å². The summed E-state index contributed by atoms with van der Waals surface area (Å²) >= 11 is 0. The average Bonchev–Trinajstić information content (AvgIpc) is 2.61. The lowest BCUT2D eigenvalue weighted by Crippen LogP contribution is -1.96. The number of anilines is 2. The van der Waals surface area contributed by atoms with E-state index in [0.29, 0.717) is 11.5 Å². The van der Waals surface area contributed by atoms with Gasteiger partial charge in [0, 0.05) is 7.05 Å². The Balaban J connectivity index is 2.43. The van der Waals surface area contributed by atoms with E-state index >= 15 is 0 Å². The molecule has 3 N–H and O–H groups in total. The molecule has 1 aromatic heterocycles. The molecule has 0 bridgehead atoms. The summed E-state index contributed by atoms with van der Waals surface area (Å²) < 4.78 is 1.75. The van der Waals surface area contributed by atoms with Crippen LogP contribution in [-0.4, -0.2) is 16.8 Å². The number of para-hydroxylation sites is 1. The van der Waals surface area contributed by atoms with E-state index < -0.39 is 0 Å². The highest BCUT2D eigenvalue weighted by atomic mass is 15.3. The van der Waals surface area contributed by atoms with Crippen LogP contribution in [0.25, 0.3) is 5.69 Å². The molecule has 2 aromatic rings. The van der Waals surface area contributed by atoms with Gasteiger partial charge in [0.05, 0.1) is 17.6 Å². The van der Waals surface area contributed by atoms with Gasteiger partial charge in [0.2, 0.25) is 0 Å². The molecule has 0 unspecified atom stereocenters. The van der Waals surface area contributed by atoms with Crippen molar-refractivity contribution < 1.29 is 0 Å². The summed E-state index contributed by atoms with van der Waals surface area (Å²) in [6.07, 6.45) is 1.79. The molecule has 0 aliphatic rings. The molecule has 0 saturated heterocycles. The van der Waals surface area contributed by atoms with Crippen molar-refractivity contribution in [2.75, 3.05) is 18.1 Å². The number of nitrogens with zero attached hydrogens (tertiary/aromatic N) is 2. The van der Waals surface area contributed by atoms with Gasteiger partial charge < -0.3 is 11.1 Å². The number of hydrogen-bond acceptors (Lipinski definition) is 3. The summed E-state index contributed by atoms with van der Waals surface area (Å²) in [5, 5.41) is 7.21. The number of aromatic nitrogens is 2. The Bertz CT molecular complexity index is 419. The first-order chi connectivity index (χ1) is 6.81. The summed E-state index contributed by atoms with van der Waals surface area (Å²) in [4.78, 5) is 0. The molecule has 14 heavy (non-hydrogen) atoms. The molecule has 72 valence electrons. The number of nitrogens with two attached hydrogens (primary N) is 1. The van der Waals surface area contributed by atoms with Gasteiger partial charge in [-0.3, -0.25) is 0 Å². The Morgan fingerprint density at radius 2 is 2.00 bits per heavy atom. The molecule has 0 radical (unpaired) electrons. The van der Waals surface area contributed by atoms with E-state index in [1.165, 1.54) is 0 Å². The van der Waals surface area contributed by atoms with E-state index in [0.717, 1.165) is 5.69 Å². The normalized spacial score (nSPS) is 10.1. The maximum atomic E-state index is 5.74. The standard InChI is InChI=1S/C10H12N4/c1-12-10-9(11)7-14(13-10)8-5-3-2-4-6-8/h2-7H,11H2,1H3,(H,12,13). The van der Waals surface area contributed by atoms with Crippen molar-refractivity contribution in [2.24, 2.45) is 0 Å². The molecule has 4 heteroatoms. The van der Waals surface area contributed by atoms with Gasteiger partial charge in [0.1, 0.15) is 0 Å². The van der Waals surface area contributed by atoms with Crippen LogP contribution in [-0.2, 0) is 0 Å². The van der Waals surface area contributed by atoms with Crippen molar-refractivity contribution >= 4 is 11.5 Å². The minimum absolute atomic E-state index is 0.649. The number of benzene rings is 1. The topological polar surface area (TPSA) is 55.9 Å². The van der Waals surface area contributed by atoms with Crippen molar-refractivity contribution in [3.05, 3.63) is 36.5 Å². The summed E-state index contributed by atoms with van der Waals surface area (Å²) in [6.45, 7) is 0. The van der Waals surface area contributed by atoms with Gasteiger partial charge in [-0.05, 0) is 12.1 Å². The van der Waals surface area contributed by atoms with Crippen molar-refractivity contribution in [3.8, 4) is 5.69 Å². The highest BCUT2D eigenvalue weighted by Crippen LogP contribution is 2.17. The second-order valence-corrected chi connectivity index (χ2v) is 2.96. The summed E-state index contributed by atoms with van der Waals surface area (Å²) in [5.74, 6) is 0.703. The Morgan fingerprint density at radius 1 is 1.29 bits per heavy atom. The van der Waals surface area contributed by atoms with Gasteiger partial charge in [0.15, 0.2) is 5.82 Å². The van der Waals surface area contributed by atoms with Gasteiger partial charge in [-0.15, -0.1) is 5.10 Å². The van der Waals surface area contributed by atoms with E-state index in [1.807, 2.05) is 30.3 Å². The molecule has 2 rings (SSSR count). The Hall–Kier alpha value is -1.97. The lowest BCUT2D eigenvalue weighted by molar-refractivity contribution is 0.883. The molecule has 1 heterocycles. The first-order valence-corrected chi connectivity index (χ1v) is 4.39.